The number of methoxy groups -OCH3 is 1. The summed E-state index contributed by atoms with van der Waals surface area (Å²) in [6, 6.07) is 7.08. The third-order valence-electron chi connectivity index (χ3n) is 5.82. The second-order valence-corrected chi connectivity index (χ2v) is 9.81. The second kappa shape index (κ2) is 7.36. The van der Waals surface area contributed by atoms with E-state index in [2.05, 4.69) is 0 Å². The van der Waals surface area contributed by atoms with Gasteiger partial charge < -0.3 is 14.9 Å². The minimum atomic E-state index is -0.784. The third-order valence-corrected chi connectivity index (χ3v) is 5.82. The van der Waals surface area contributed by atoms with Crippen molar-refractivity contribution in [3.63, 3.8) is 0 Å². The minimum absolute atomic E-state index is 0.00463. The van der Waals surface area contributed by atoms with Gasteiger partial charge in [-0.15, -0.1) is 0 Å². The average molecular weight is 398 g/mol. The van der Waals surface area contributed by atoms with Gasteiger partial charge in [-0.2, -0.15) is 0 Å². The van der Waals surface area contributed by atoms with E-state index in [-0.39, 0.29) is 57.9 Å². The van der Waals surface area contributed by atoms with Crippen molar-refractivity contribution in [1.82, 2.24) is 0 Å². The van der Waals surface area contributed by atoms with Gasteiger partial charge in [0.2, 0.25) is 0 Å². The predicted molar refractivity (Wildman–Crippen MR) is 111 cm³/mol. The number of benzene rings is 1. The quantitative estimate of drug-likeness (QED) is 0.730. The molecule has 0 fully saturated rings. The molecular formula is C24H30O5. The Bertz CT molecular complexity index is 848. The monoisotopic (exact) mass is 398 g/mol. The molecule has 156 valence electrons. The number of hydrogen-bond donors (Lipinski definition) is 2. The number of hydrogen-bond acceptors (Lipinski definition) is 5. The van der Waals surface area contributed by atoms with Crippen LogP contribution in [0, 0.1) is 10.8 Å². The summed E-state index contributed by atoms with van der Waals surface area (Å²) >= 11 is 0. The molecule has 3 rings (SSSR count). The largest absolute Gasteiger partial charge is 0.512 e. The van der Waals surface area contributed by atoms with E-state index in [4.69, 9.17) is 4.74 Å². The Kier molecular flexibility index (Phi) is 5.37. The standard InChI is InChI=1S/C24H30O5/c1-23(2)10-16(25)21(17(26)11-23)20(14-6-8-15(29-5)9-7-14)22-18(27)12-24(3,4)13-19(22)28/h6-9,20,25,27H,10-13H2,1-5H3. The van der Waals surface area contributed by atoms with Gasteiger partial charge in [0.1, 0.15) is 17.3 Å². The maximum atomic E-state index is 13.1. The van der Waals surface area contributed by atoms with E-state index in [9.17, 15) is 19.8 Å². The van der Waals surface area contributed by atoms with Crippen molar-refractivity contribution in [3.8, 4) is 5.75 Å². The Morgan fingerprint density at radius 3 is 1.55 bits per heavy atom. The number of aliphatic hydroxyl groups is 2. The highest BCUT2D eigenvalue weighted by Gasteiger charge is 2.43. The lowest BCUT2D eigenvalue weighted by Gasteiger charge is -2.36. The molecule has 2 aliphatic carbocycles. The van der Waals surface area contributed by atoms with Crippen LogP contribution in [-0.2, 0) is 9.59 Å². The van der Waals surface area contributed by atoms with Gasteiger partial charge in [-0.1, -0.05) is 39.8 Å². The fourth-order valence-electron chi connectivity index (χ4n) is 4.53. The zero-order valence-corrected chi connectivity index (χ0v) is 17.8. The third kappa shape index (κ3) is 4.24. The minimum Gasteiger partial charge on any atom is -0.512 e. The molecule has 2 aliphatic rings. The zero-order valence-electron chi connectivity index (χ0n) is 17.8. The molecule has 29 heavy (non-hydrogen) atoms. The number of rotatable bonds is 4. The zero-order chi connectivity index (χ0) is 21.6. The van der Waals surface area contributed by atoms with Crippen molar-refractivity contribution < 1.29 is 24.5 Å². The van der Waals surface area contributed by atoms with Gasteiger partial charge in [0.05, 0.1) is 7.11 Å². The van der Waals surface area contributed by atoms with Crippen LogP contribution in [0.4, 0.5) is 0 Å². The Balaban J connectivity index is 2.20. The van der Waals surface area contributed by atoms with Crippen LogP contribution in [0.1, 0.15) is 64.9 Å². The van der Waals surface area contributed by atoms with Gasteiger partial charge >= 0.3 is 0 Å². The van der Waals surface area contributed by atoms with Crippen molar-refractivity contribution in [1.29, 1.82) is 0 Å². The lowest BCUT2D eigenvalue weighted by molar-refractivity contribution is -0.119. The van der Waals surface area contributed by atoms with Crippen LogP contribution in [0.5, 0.6) is 5.75 Å². The number of allylic oxidation sites excluding steroid dienone is 4. The highest BCUT2D eigenvalue weighted by Crippen LogP contribution is 2.47. The first-order valence-corrected chi connectivity index (χ1v) is 9.98. The molecule has 0 aromatic heterocycles. The van der Waals surface area contributed by atoms with E-state index in [1.165, 1.54) is 0 Å². The first-order valence-electron chi connectivity index (χ1n) is 9.98. The lowest BCUT2D eigenvalue weighted by Crippen LogP contribution is -2.33. The highest BCUT2D eigenvalue weighted by atomic mass is 16.5. The molecular weight excluding hydrogens is 368 g/mol. The van der Waals surface area contributed by atoms with Gasteiger partial charge in [-0.25, -0.2) is 0 Å². The average Bonchev–Trinajstić information content (AvgIpc) is 2.57. The van der Waals surface area contributed by atoms with E-state index in [1.807, 2.05) is 27.7 Å². The number of carbonyl (C=O) groups excluding carboxylic acids is 2. The summed E-state index contributed by atoms with van der Waals surface area (Å²) in [5, 5.41) is 21.7. The summed E-state index contributed by atoms with van der Waals surface area (Å²) in [7, 11) is 1.56. The van der Waals surface area contributed by atoms with E-state index >= 15 is 0 Å². The molecule has 0 saturated carbocycles. The molecule has 0 atom stereocenters. The van der Waals surface area contributed by atoms with Crippen molar-refractivity contribution >= 4 is 11.6 Å². The Hall–Kier alpha value is -2.56. The van der Waals surface area contributed by atoms with Crippen LogP contribution in [0.25, 0.3) is 0 Å². The van der Waals surface area contributed by atoms with Crippen LogP contribution < -0.4 is 4.74 Å². The van der Waals surface area contributed by atoms with Crippen LogP contribution in [0.3, 0.4) is 0 Å². The van der Waals surface area contributed by atoms with Crippen LogP contribution in [0.2, 0.25) is 0 Å². The fraction of sp³-hybridized carbons (Fsp3) is 0.500. The van der Waals surface area contributed by atoms with E-state index in [1.54, 1.807) is 31.4 Å². The molecule has 0 saturated heterocycles. The second-order valence-electron chi connectivity index (χ2n) is 9.81. The van der Waals surface area contributed by atoms with E-state index in [0.29, 0.717) is 24.2 Å². The molecule has 0 bridgehead atoms. The molecule has 5 heteroatoms. The number of Topliss-reactive ketones (excluding diaryl/α,β-unsaturated/α-hetero) is 2. The summed E-state index contributed by atoms with van der Waals surface area (Å²) in [5.74, 6) is -0.491. The van der Waals surface area contributed by atoms with Gasteiger partial charge in [0.25, 0.3) is 0 Å². The van der Waals surface area contributed by atoms with Crippen molar-refractivity contribution in [2.24, 2.45) is 10.8 Å². The molecule has 1 aromatic carbocycles. The topological polar surface area (TPSA) is 83.8 Å². The number of carbonyl (C=O) groups is 2. The molecule has 0 unspecified atom stereocenters. The highest BCUT2D eigenvalue weighted by molar-refractivity contribution is 6.05. The molecule has 0 heterocycles. The SMILES string of the molecule is COc1ccc(C(C2=C(O)CC(C)(C)CC2=O)C2=C(O)CC(C)(C)CC2=O)cc1. The number of ether oxygens (including phenoxy) is 1. The number of ketones is 2. The van der Waals surface area contributed by atoms with E-state index < -0.39 is 5.92 Å². The van der Waals surface area contributed by atoms with Crippen LogP contribution in [0.15, 0.2) is 46.9 Å². The number of aliphatic hydroxyl groups excluding tert-OH is 2. The summed E-state index contributed by atoms with van der Waals surface area (Å²) in [6.45, 7) is 7.74. The van der Waals surface area contributed by atoms with Crippen LogP contribution in [-0.4, -0.2) is 28.9 Å². The van der Waals surface area contributed by atoms with Gasteiger partial charge in [-0.05, 0) is 28.5 Å². The maximum Gasteiger partial charge on any atom is 0.163 e. The molecule has 0 amide bonds. The Morgan fingerprint density at radius 2 is 1.21 bits per heavy atom. The Labute approximate surface area is 172 Å². The van der Waals surface area contributed by atoms with Crippen LogP contribution >= 0.6 is 0 Å². The summed E-state index contributed by atoms with van der Waals surface area (Å²) < 4.78 is 5.22. The molecule has 2 N–H and O–H groups in total. The first kappa shape index (κ1) is 21.2. The van der Waals surface area contributed by atoms with Gasteiger partial charge in [-0.3, -0.25) is 9.59 Å². The summed E-state index contributed by atoms with van der Waals surface area (Å²) in [4.78, 5) is 26.2. The van der Waals surface area contributed by atoms with Gasteiger partial charge in [0.15, 0.2) is 11.6 Å². The van der Waals surface area contributed by atoms with E-state index in [0.717, 1.165) is 0 Å². The molecule has 5 nitrogen and oxygen atoms in total. The maximum absolute atomic E-state index is 13.1. The predicted octanol–water partition coefficient (Wildman–Crippen LogP) is 5.18. The summed E-state index contributed by atoms with van der Waals surface area (Å²) in [5.41, 5.74) is 0.442. The normalized spacial score (nSPS) is 21.7. The fourth-order valence-corrected chi connectivity index (χ4v) is 4.53. The van der Waals surface area contributed by atoms with Gasteiger partial charge in [0, 0.05) is 42.7 Å². The summed E-state index contributed by atoms with van der Waals surface area (Å²) in [6.07, 6.45) is 1.28. The Morgan fingerprint density at radius 1 is 0.793 bits per heavy atom. The molecule has 0 spiro atoms. The molecule has 0 aliphatic heterocycles. The van der Waals surface area contributed by atoms with Crippen molar-refractivity contribution in [2.75, 3.05) is 7.11 Å². The molecule has 0 radical (unpaired) electrons. The first-order chi connectivity index (χ1) is 13.4. The smallest absolute Gasteiger partial charge is 0.163 e. The molecule has 1 aromatic rings. The lowest BCUT2D eigenvalue weighted by atomic mass is 9.67. The van der Waals surface area contributed by atoms with Crippen molar-refractivity contribution in [2.45, 2.75) is 59.3 Å². The van der Waals surface area contributed by atoms with Crippen molar-refractivity contribution in [3.05, 3.63) is 52.5 Å².